The number of nitrogens with zero attached hydrogens (tertiary/aromatic N) is 23. The number of nitrogens with one attached hydrogen (secondary N) is 1. The maximum atomic E-state index is 15.6. The highest BCUT2D eigenvalue weighted by atomic mass is 35.5. The van der Waals surface area contributed by atoms with Crippen LogP contribution in [0.3, 0.4) is 0 Å². The molecule has 11 aromatic rings. The average molecular weight is 1820 g/mol. The van der Waals surface area contributed by atoms with Crippen molar-refractivity contribution in [1.82, 2.24) is 79.3 Å². The minimum absolute atomic E-state index is 0.0409. The number of aromatic carboxylic acids is 1. The number of carbonyl (C=O) groups is 1. The lowest BCUT2D eigenvalue weighted by Crippen LogP contribution is -2.48. The van der Waals surface area contributed by atoms with Gasteiger partial charge in [0.25, 0.3) is 22.2 Å². The van der Waals surface area contributed by atoms with Gasteiger partial charge in [-0.1, -0.05) is 59.6 Å². The van der Waals surface area contributed by atoms with Gasteiger partial charge in [-0.2, -0.15) is 20.4 Å². The molecule has 18 rings (SSSR count). The van der Waals surface area contributed by atoms with E-state index >= 15 is 4.39 Å². The molecule has 0 aliphatic carbocycles. The first-order valence-corrected chi connectivity index (χ1v) is 43.5. The lowest BCUT2D eigenvalue weighted by Gasteiger charge is -2.39. The normalized spacial score (nSPS) is 15.9. The molecule has 0 bridgehead atoms. The van der Waals surface area contributed by atoms with Gasteiger partial charge in [-0.15, -0.1) is 20.4 Å². The van der Waals surface area contributed by atoms with Gasteiger partial charge in [0.05, 0.1) is 54.9 Å². The van der Waals surface area contributed by atoms with Gasteiger partial charge in [-0.05, 0) is 167 Å². The van der Waals surface area contributed by atoms with Crippen LogP contribution in [0.2, 0.25) is 10.3 Å². The van der Waals surface area contributed by atoms with Gasteiger partial charge in [0.1, 0.15) is 57.3 Å². The molecule has 7 aromatic heterocycles. The van der Waals surface area contributed by atoms with Gasteiger partial charge in [0.15, 0.2) is 40.2 Å². The molecule has 14 heterocycles. The molecule has 2 N–H and O–H groups in total. The number of pyridine rings is 1. The third kappa shape index (κ3) is 26.2. The zero-order chi connectivity index (χ0) is 92.2. The Hall–Kier alpha value is -12.8. The Balaban J connectivity index is 0.000000148. The Kier molecular flexibility index (Phi) is 34.0. The number of alkyl halides is 1. The number of anilines is 7. The van der Waals surface area contributed by atoms with Crippen molar-refractivity contribution in [3.8, 4) is 23.0 Å². The van der Waals surface area contributed by atoms with Gasteiger partial charge < -0.3 is 73.1 Å². The highest BCUT2D eigenvalue weighted by molar-refractivity contribution is 6.29. The third-order valence-corrected chi connectivity index (χ3v) is 23.2. The largest absolute Gasteiger partial charge is 0.497 e. The number of halogens is 4. The first-order chi connectivity index (χ1) is 62.9. The van der Waals surface area contributed by atoms with E-state index in [2.05, 4.69) is 106 Å². The van der Waals surface area contributed by atoms with Crippen molar-refractivity contribution in [2.45, 2.75) is 58.2 Å². The van der Waals surface area contributed by atoms with Crippen LogP contribution in [0, 0.1) is 5.82 Å². The molecule has 686 valence electrons. The van der Waals surface area contributed by atoms with E-state index in [1.165, 1.54) is 75.6 Å². The van der Waals surface area contributed by atoms with Crippen molar-refractivity contribution >= 4 is 80.7 Å². The number of hydrogen-bond donors (Lipinski definition) is 2. The van der Waals surface area contributed by atoms with E-state index in [9.17, 15) is 38.3 Å². The summed E-state index contributed by atoms with van der Waals surface area (Å²) in [5.74, 6) is 5.52. The van der Waals surface area contributed by atoms with Crippen LogP contribution in [0.25, 0.3) is 10.9 Å². The van der Waals surface area contributed by atoms with Crippen LogP contribution in [0.5, 0.6) is 23.0 Å². The SMILES string of the molecule is CN1CCN(c2ccc(=O)[nH]n2)CC1.CN1CCN(c2ccc(Cl)nn2)CC1.COc1cccc(Cn2nc(N3CCCCC3)ccc2=O)c1.COc1cccc(Cn2nc(N3CCN(C)CC3)ccc2=O)c1.COc1cccc(Cn2nc(N3CCN(c4c(F)cc5c(=O)c(C(=O)O)cn6c5c4OCN6C)CC3)ccc2=O)c1.Clc1ccc(N2CCCCC2)nn1.[2H]CF. The second-order valence-corrected chi connectivity index (χ2v) is 32.4. The number of piperidine rings is 2. The second-order valence-electron chi connectivity index (χ2n) is 31.7. The number of likely N-dealkylation sites (N-methyl/N-ethyl adjacent to an activating group) is 3. The van der Waals surface area contributed by atoms with E-state index in [4.69, 9.17) is 43.5 Å². The number of ether oxygens (including phenoxy) is 4. The maximum absolute atomic E-state index is 15.6. The summed E-state index contributed by atoms with van der Waals surface area (Å²) in [7, 11) is 11.9. The van der Waals surface area contributed by atoms with Crippen LogP contribution in [-0.4, -0.2) is 285 Å². The molecular formula is C90H112Cl2F2N24O11. The van der Waals surface area contributed by atoms with Gasteiger partial charge in [-0.25, -0.2) is 28.3 Å². The number of carboxylic acids is 1. The molecule has 6 fully saturated rings. The summed E-state index contributed by atoms with van der Waals surface area (Å²) in [6.07, 6.45) is 8.74. The van der Waals surface area contributed by atoms with Crippen molar-refractivity contribution in [3.63, 3.8) is 0 Å². The number of methoxy groups -OCH3 is 3. The van der Waals surface area contributed by atoms with E-state index in [-0.39, 0.29) is 52.3 Å². The Labute approximate surface area is 757 Å². The molecule has 0 unspecified atom stereocenters. The quantitative estimate of drug-likeness (QED) is 0.0868. The summed E-state index contributed by atoms with van der Waals surface area (Å²) in [6, 6.07) is 44.7. The molecule has 6 saturated heterocycles. The summed E-state index contributed by atoms with van der Waals surface area (Å²) < 4.78 is 58.7. The Bertz CT molecular complexity index is 5810. The number of carboxylic acid groups (broad SMARTS) is 1. The summed E-state index contributed by atoms with van der Waals surface area (Å²) >= 11 is 11.3. The highest BCUT2D eigenvalue weighted by Gasteiger charge is 2.32. The number of hydrogen-bond acceptors (Lipinski definition) is 29. The molecule has 7 aliphatic rings. The molecule has 35 nitrogen and oxygen atoms in total. The number of rotatable bonds is 17. The van der Waals surface area contributed by atoms with Crippen molar-refractivity contribution in [3.05, 3.63) is 248 Å². The number of aromatic amines is 1. The topological polar surface area (TPSA) is 334 Å². The fourth-order valence-electron chi connectivity index (χ4n) is 15.4. The van der Waals surface area contributed by atoms with Gasteiger partial charge >= 0.3 is 5.97 Å². The van der Waals surface area contributed by atoms with Crippen molar-refractivity contribution in [2.24, 2.45) is 0 Å². The van der Waals surface area contributed by atoms with Crippen molar-refractivity contribution < 1.29 is 39.0 Å². The predicted octanol–water partition coefficient (Wildman–Crippen LogP) is 8.15. The minimum atomic E-state index is -1.38. The molecular weight excluding hydrogens is 1700 g/mol. The van der Waals surface area contributed by atoms with E-state index < -0.39 is 29.9 Å². The monoisotopic (exact) mass is 1810 g/mol. The van der Waals surface area contributed by atoms with Gasteiger partial charge in [0.2, 0.25) is 5.43 Å². The summed E-state index contributed by atoms with van der Waals surface area (Å²) in [5, 5.41) is 47.8. The van der Waals surface area contributed by atoms with Crippen LogP contribution >= 0.6 is 23.2 Å². The zero-order valence-corrected chi connectivity index (χ0v) is 75.3. The Morgan fingerprint density at radius 1 is 0.457 bits per heavy atom. The van der Waals surface area contributed by atoms with Crippen molar-refractivity contribution in [2.75, 3.05) is 234 Å². The molecule has 0 spiro atoms. The smallest absolute Gasteiger partial charge is 0.341 e. The fourth-order valence-corrected chi connectivity index (χ4v) is 15.6. The first-order valence-electron chi connectivity index (χ1n) is 43.5. The number of aromatic nitrogens is 13. The second kappa shape index (κ2) is 46.8. The van der Waals surface area contributed by atoms with Crippen LogP contribution in [0.1, 0.15) is 66.9 Å². The van der Waals surface area contributed by atoms with E-state index in [1.54, 1.807) is 69.8 Å². The predicted molar refractivity (Wildman–Crippen MR) is 498 cm³/mol. The van der Waals surface area contributed by atoms with E-state index in [0.717, 1.165) is 168 Å². The molecule has 0 atom stereocenters. The van der Waals surface area contributed by atoms with Gasteiger partial charge in [-0.3, -0.25) is 38.0 Å². The minimum Gasteiger partial charge on any atom is -0.497 e. The average Bonchev–Trinajstić information content (AvgIpc) is 0.727. The standard InChI is InChI=1S/C28H27FN6O6.C17H22N4O2.C17H21N3O2.C9H13ClN4.C9H12ClN3.C9H14N4O.CH3F/c1-31-16-41-27-24-19(26(37)20(28(38)39)15-35(24)31)13-21(29)25(27)33-10-8-32(9-11-33)22-6-7-23(36)34(30-22)14-17-4-3-5-18(12-17)40-2;1-19-8-10-20(11-9-19)16-6-7-17(22)21(18-16)13-14-4-3-5-15(12-14)23-2;1-22-15-7-5-6-14(12-15)13-20-17(21)9-8-16(18-20)19-10-3-2-4-11-19;1-13-4-6-14(7-5-13)9-3-2-8(10)11-12-9;10-8-4-5-9(12-11-8)13-6-2-1-3-7-13;1-12-4-6-13(7-5-12)8-2-3-9(14)11-10-8;1-2/h3-7,12-13,15H,8-11,14,16H2,1-2H3,(H,38,39);3-7,12H,8-11,13H2,1-2H3;5-9,12H,2-4,10-11,13H2,1H3;2-3H,4-7H2,1H3;4-5H,1-3,6-7H2;2-3H,4-7H2,1H3,(H,11,14);1H3/i;;;;;;1D. The number of H-pyrrole nitrogens is 1. The van der Waals surface area contributed by atoms with Crippen LogP contribution in [0.15, 0.2) is 182 Å². The molecule has 129 heavy (non-hydrogen) atoms. The lowest BCUT2D eigenvalue weighted by atomic mass is 10.1. The lowest BCUT2D eigenvalue weighted by molar-refractivity contribution is 0.0694. The zero-order valence-electron chi connectivity index (χ0n) is 74.8. The van der Waals surface area contributed by atoms with Crippen LogP contribution in [0.4, 0.5) is 49.4 Å². The summed E-state index contributed by atoms with van der Waals surface area (Å²) in [6.45, 7) is 19.3. The summed E-state index contributed by atoms with van der Waals surface area (Å²) in [4.78, 5) is 93.9. The molecule has 7 aliphatic heterocycles. The molecule has 39 heteroatoms. The maximum Gasteiger partial charge on any atom is 0.341 e. The summed E-state index contributed by atoms with van der Waals surface area (Å²) in [5.41, 5.74) is 1.65. The van der Waals surface area contributed by atoms with Crippen LogP contribution < -0.4 is 85.9 Å². The fraction of sp³-hybridized carbons (Fsp3) is 0.422. The number of piperazine rings is 4. The molecule has 0 amide bonds. The highest BCUT2D eigenvalue weighted by Crippen LogP contribution is 2.41. The third-order valence-electron chi connectivity index (χ3n) is 22.8. The molecule has 0 saturated carbocycles. The molecule has 4 aromatic carbocycles. The van der Waals surface area contributed by atoms with Gasteiger partial charge in [0, 0.05) is 168 Å². The van der Waals surface area contributed by atoms with Crippen LogP contribution in [-0.2, 0) is 19.6 Å². The van der Waals surface area contributed by atoms with E-state index in [0.29, 0.717) is 66.7 Å². The number of benzene rings is 4. The van der Waals surface area contributed by atoms with Crippen molar-refractivity contribution in [1.29, 1.82) is 0 Å². The molecule has 0 radical (unpaired) electrons. The first kappa shape index (κ1) is 93.8. The Morgan fingerprint density at radius 2 is 0.814 bits per heavy atom. The van der Waals surface area contributed by atoms with E-state index in [1.807, 2.05) is 107 Å². The Morgan fingerprint density at radius 3 is 1.19 bits per heavy atom.